The Labute approximate surface area is 490 Å². The first-order valence-electron chi connectivity index (χ1n) is 18.7. The second kappa shape index (κ2) is 39.6. The van der Waals surface area contributed by atoms with Crippen LogP contribution in [-0.4, -0.2) is 30.5 Å². The molecule has 0 aliphatic rings. The van der Waals surface area contributed by atoms with E-state index in [-0.39, 0.29) is 117 Å². The van der Waals surface area contributed by atoms with Gasteiger partial charge in [0.2, 0.25) is 22.1 Å². The van der Waals surface area contributed by atoms with Gasteiger partial charge in [0.1, 0.15) is 0 Å². The number of hydrogen-bond donors (Lipinski definition) is 0. The van der Waals surface area contributed by atoms with Crippen LogP contribution in [0.2, 0.25) is 0 Å². The van der Waals surface area contributed by atoms with Gasteiger partial charge in [0.05, 0.1) is 30.5 Å². The van der Waals surface area contributed by atoms with Gasteiger partial charge >= 0.3 is 93.8 Å². The number of rotatable bonds is 0. The summed E-state index contributed by atoms with van der Waals surface area (Å²) in [5, 5.41) is 138. The van der Waals surface area contributed by atoms with E-state index in [9.17, 15) is 20.4 Å². The quantitative estimate of drug-likeness (QED) is 0.155. The molecule has 4 aromatic carbocycles. The summed E-state index contributed by atoms with van der Waals surface area (Å²) in [6.45, 7) is 7.75. The number of para-hydroxylation sites is 4. The van der Waals surface area contributed by atoms with Gasteiger partial charge in [-0.1, -0.05) is 48.5 Å². The van der Waals surface area contributed by atoms with Crippen LogP contribution in [0.5, 0.6) is 23.0 Å². The number of benzene rings is 4. The molecule has 0 aliphatic carbocycles. The summed E-state index contributed by atoms with van der Waals surface area (Å²) >= 11 is 0. The minimum atomic E-state index is -1.75. The molecule has 8 aromatic rings. The van der Waals surface area contributed by atoms with Crippen molar-refractivity contribution in [2.75, 3.05) is 0 Å². The summed E-state index contributed by atoms with van der Waals surface area (Å²) in [4.78, 5) is 61.7. The molecule has 34 heteroatoms. The number of aromatic amines is 4. The van der Waals surface area contributed by atoms with E-state index in [2.05, 4.69) is 19.9 Å². The fraction of sp³-hybridized carbons (Fsp3) is 0.100. The van der Waals surface area contributed by atoms with E-state index >= 15 is 0 Å². The molecule has 0 aliphatic heterocycles. The van der Waals surface area contributed by atoms with Crippen LogP contribution in [0, 0.1) is 213 Å². The minimum absolute atomic E-state index is 0. The topological polar surface area (TPSA) is 546 Å². The Morgan fingerprint density at radius 3 is 0.541 bits per heavy atom. The fourth-order valence-electron chi connectivity index (χ4n) is 5.10. The molecule has 0 fully saturated rings. The molecule has 74 heavy (non-hydrogen) atoms. The molecule has 0 saturated carbocycles. The minimum Gasteiger partial charge on any atom is -0.868 e. The maximum absolute atomic E-state index is 11.3. The van der Waals surface area contributed by atoms with Crippen molar-refractivity contribution >= 4 is 43.6 Å². The summed E-state index contributed by atoms with van der Waals surface area (Å²) in [5.41, 5.74) is 6.79. The number of fused-ring (bicyclic) bond motifs is 4. The van der Waals surface area contributed by atoms with Gasteiger partial charge < -0.3 is 112 Å². The standard InChI is InChI=1S/4C10H9NO.6NO3.2Yb/c4*1-7-5-6-8-3-2-4-9(12)10(8)11-7;6*2-1(3)4;;/h4*2-6,12H,1H3;;;;;;;;/q;;;;6*-1;2*+3. The Balaban J connectivity index is -0.000000384. The van der Waals surface area contributed by atoms with Crippen molar-refractivity contribution in [2.45, 2.75) is 27.7 Å². The van der Waals surface area contributed by atoms with Crippen LogP contribution < -0.4 is 40.4 Å². The van der Waals surface area contributed by atoms with Crippen LogP contribution in [0.25, 0.3) is 43.6 Å². The van der Waals surface area contributed by atoms with Crippen molar-refractivity contribution in [1.29, 1.82) is 0 Å². The molecular formula is C40H36N10O22Yb2. The van der Waals surface area contributed by atoms with Crippen molar-refractivity contribution in [3.63, 3.8) is 0 Å². The van der Waals surface area contributed by atoms with Gasteiger partial charge in [-0.15, -0.1) is 0 Å². The zero-order valence-corrected chi connectivity index (χ0v) is 41.2. The molecule has 0 bridgehead atoms. The van der Waals surface area contributed by atoms with Crippen molar-refractivity contribution in [3.8, 4) is 23.0 Å². The largest absolute Gasteiger partial charge is 3.00 e. The van der Waals surface area contributed by atoms with Gasteiger partial charge in [-0.05, 0) is 71.5 Å². The normalized spacial score (nSPS) is 8.70. The Hall–Kier alpha value is -8.04. The molecule has 4 aromatic heterocycles. The first-order chi connectivity index (χ1) is 33.5. The van der Waals surface area contributed by atoms with Gasteiger partial charge in [-0.3, -0.25) is 0 Å². The van der Waals surface area contributed by atoms with Gasteiger partial charge in [0.15, 0.2) is 22.8 Å². The summed E-state index contributed by atoms with van der Waals surface area (Å²) < 4.78 is 0. The molecule has 0 amide bonds. The van der Waals surface area contributed by atoms with Crippen LogP contribution >= 0.6 is 0 Å². The third kappa shape index (κ3) is 36.0. The number of nitrogens with one attached hydrogen (secondary N) is 4. The molecule has 4 heterocycles. The van der Waals surface area contributed by atoms with Gasteiger partial charge in [0.25, 0.3) is 0 Å². The van der Waals surface area contributed by atoms with Crippen molar-refractivity contribution < 1.29 is 165 Å². The Morgan fingerprint density at radius 2 is 0.405 bits per heavy atom. The molecule has 4 N–H and O–H groups in total. The van der Waals surface area contributed by atoms with Crippen LogP contribution in [0.3, 0.4) is 0 Å². The number of nitrogens with zero attached hydrogens (tertiary/aromatic N) is 6. The summed E-state index contributed by atoms with van der Waals surface area (Å²) in [6, 6.07) is 36.7. The Kier molecular flexibility index (Phi) is 38.8. The number of H-pyrrole nitrogens is 4. The maximum atomic E-state index is 11.3. The summed E-state index contributed by atoms with van der Waals surface area (Å²) in [7, 11) is 0. The van der Waals surface area contributed by atoms with Crippen LogP contribution in [0.15, 0.2) is 121 Å². The molecule has 0 atom stereocenters. The number of aryl methyl sites for hydroxylation is 4. The van der Waals surface area contributed by atoms with E-state index < -0.39 is 30.5 Å². The van der Waals surface area contributed by atoms with Gasteiger partial charge in [-0.2, -0.15) is 0 Å². The van der Waals surface area contributed by atoms with E-state index in [1.807, 2.05) is 100 Å². The molecular weight excluding hydrogens is 1320 g/mol. The molecule has 8 rings (SSSR count). The average molecular weight is 1350 g/mol. The van der Waals surface area contributed by atoms with E-state index in [4.69, 9.17) is 91.9 Å². The van der Waals surface area contributed by atoms with E-state index in [0.717, 1.165) is 44.3 Å². The average Bonchev–Trinajstić information content (AvgIpc) is 3.25. The van der Waals surface area contributed by atoms with Crippen molar-refractivity contribution in [3.05, 3.63) is 236 Å². The molecule has 32 nitrogen and oxygen atoms in total. The van der Waals surface area contributed by atoms with Crippen molar-refractivity contribution in [2.24, 2.45) is 0 Å². The maximum Gasteiger partial charge on any atom is 3.00 e. The smallest absolute Gasteiger partial charge is 0.868 e. The van der Waals surface area contributed by atoms with Crippen LogP contribution in [0.4, 0.5) is 0 Å². The Bertz CT molecular complexity index is 2600. The first kappa shape index (κ1) is 72.5. The monoisotopic (exact) mass is 1360 g/mol. The second-order valence-corrected chi connectivity index (χ2v) is 12.8. The Morgan fingerprint density at radius 1 is 0.270 bits per heavy atom. The molecule has 406 valence electrons. The third-order valence-electron chi connectivity index (χ3n) is 7.57. The van der Waals surface area contributed by atoms with Crippen LogP contribution in [0.1, 0.15) is 22.8 Å². The fourth-order valence-corrected chi connectivity index (χ4v) is 5.10. The summed E-state index contributed by atoms with van der Waals surface area (Å²) in [5.74, 6) is 0.208. The molecule has 0 saturated heterocycles. The van der Waals surface area contributed by atoms with Crippen molar-refractivity contribution in [1.82, 2.24) is 0 Å². The number of aromatic nitrogens is 4. The predicted molar refractivity (Wildman–Crippen MR) is 241 cm³/mol. The van der Waals surface area contributed by atoms with E-state index in [1.54, 1.807) is 48.5 Å². The second-order valence-electron chi connectivity index (χ2n) is 12.8. The number of hydrogen-bond acceptors (Lipinski definition) is 22. The number of pyridine rings is 4. The zero-order chi connectivity index (χ0) is 55.7. The van der Waals surface area contributed by atoms with Crippen LogP contribution in [-0.2, 0) is 0 Å². The summed E-state index contributed by atoms with van der Waals surface area (Å²) in [6.07, 6.45) is 0. The molecule has 0 unspecified atom stereocenters. The molecule has 0 spiro atoms. The van der Waals surface area contributed by atoms with Gasteiger partial charge in [0, 0.05) is 73.5 Å². The van der Waals surface area contributed by atoms with E-state index in [1.165, 1.54) is 0 Å². The zero-order valence-electron chi connectivity index (χ0n) is 37.7. The third-order valence-corrected chi connectivity index (χ3v) is 7.57. The SMILES string of the molecule is Cc1ccc2cccc([O-])c2[nH+]1.Cc1ccc2cccc([O-])c2[nH+]1.Cc1ccc2cccc([O-])c2[nH+]1.Cc1ccc2cccc([O-])c2[nH+]1.O=[N+]([O-])[O-].O=[N+]([O-])[O-].O=[N+]([O-])[O-].O=[N+]([O-])[O-].O=[N+]([O-])[O-].O=[N+]([O-])[O-].[Yb+3].[Yb+3]. The first-order valence-corrected chi connectivity index (χ1v) is 18.7. The van der Waals surface area contributed by atoms with Gasteiger partial charge in [-0.25, -0.2) is 19.9 Å². The predicted octanol–water partition coefficient (Wildman–Crippen LogP) is 2.71. The molecule has 2 radical (unpaired) electrons. The van der Waals surface area contributed by atoms with E-state index in [0.29, 0.717) is 22.1 Å².